The van der Waals surface area contributed by atoms with Gasteiger partial charge in [0.25, 0.3) is 5.91 Å². The highest BCUT2D eigenvalue weighted by molar-refractivity contribution is 7.98. The van der Waals surface area contributed by atoms with E-state index in [2.05, 4.69) is 30.6 Å². The van der Waals surface area contributed by atoms with Crippen LogP contribution in [-0.2, 0) is 12.3 Å². The Kier molecular flexibility index (Phi) is 6.09. The molecule has 9 heteroatoms. The quantitative estimate of drug-likeness (QED) is 0.365. The average molecular weight is 417 g/mol. The maximum absolute atomic E-state index is 12.9. The molecular formula is C21H19N7OS. The second kappa shape index (κ2) is 9.27. The van der Waals surface area contributed by atoms with E-state index in [1.165, 1.54) is 11.8 Å². The SMILES string of the molecule is Cc1ccc(-n2nnc(C(=O)NCc3ccccn3)c2CSc2ncccn2)cc1. The van der Waals surface area contributed by atoms with Crippen molar-refractivity contribution in [1.29, 1.82) is 0 Å². The van der Waals surface area contributed by atoms with Gasteiger partial charge in [0.1, 0.15) is 0 Å². The van der Waals surface area contributed by atoms with Gasteiger partial charge in [-0.15, -0.1) is 5.10 Å². The lowest BCUT2D eigenvalue weighted by atomic mass is 10.2. The Morgan fingerprint density at radius 2 is 1.77 bits per heavy atom. The number of aromatic nitrogens is 6. The summed E-state index contributed by atoms with van der Waals surface area (Å²) in [6.45, 7) is 2.33. The number of nitrogens with zero attached hydrogens (tertiary/aromatic N) is 6. The standard InChI is InChI=1S/C21H19N7OS/c1-15-6-8-17(9-7-15)28-18(14-30-21-23-11-4-12-24-21)19(26-27-28)20(29)25-13-16-5-2-3-10-22-16/h2-12H,13-14H2,1H3,(H,25,29). The van der Waals surface area contributed by atoms with Crippen molar-refractivity contribution in [2.75, 3.05) is 0 Å². The fourth-order valence-corrected chi connectivity index (χ4v) is 3.55. The van der Waals surface area contributed by atoms with Crippen LogP contribution in [0.4, 0.5) is 0 Å². The minimum Gasteiger partial charge on any atom is -0.345 e. The first-order valence-corrected chi connectivity index (χ1v) is 10.3. The summed E-state index contributed by atoms with van der Waals surface area (Å²) in [5.74, 6) is 0.139. The first-order chi connectivity index (χ1) is 14.7. The van der Waals surface area contributed by atoms with Crippen molar-refractivity contribution in [2.45, 2.75) is 24.4 Å². The summed E-state index contributed by atoms with van der Waals surface area (Å²) in [6.07, 6.45) is 5.06. The number of carbonyl (C=O) groups is 1. The number of pyridine rings is 1. The van der Waals surface area contributed by atoms with Gasteiger partial charge in [-0.2, -0.15) is 0 Å². The van der Waals surface area contributed by atoms with Crippen LogP contribution in [0.5, 0.6) is 0 Å². The van der Waals surface area contributed by atoms with Crippen LogP contribution in [-0.4, -0.2) is 35.9 Å². The normalized spacial score (nSPS) is 10.7. The van der Waals surface area contributed by atoms with Crippen LogP contribution in [0.15, 0.2) is 72.3 Å². The Bertz CT molecular complexity index is 1120. The first kappa shape index (κ1) is 19.7. The lowest BCUT2D eigenvalue weighted by molar-refractivity contribution is 0.0944. The molecule has 1 amide bonds. The third kappa shape index (κ3) is 4.69. The highest BCUT2D eigenvalue weighted by Crippen LogP contribution is 2.23. The molecule has 1 aromatic carbocycles. The fourth-order valence-electron chi connectivity index (χ4n) is 2.75. The minimum absolute atomic E-state index is 0.273. The summed E-state index contributed by atoms with van der Waals surface area (Å²) in [5, 5.41) is 11.9. The highest BCUT2D eigenvalue weighted by Gasteiger charge is 2.21. The molecule has 4 aromatic rings. The number of nitrogens with one attached hydrogen (secondary N) is 1. The number of rotatable bonds is 7. The minimum atomic E-state index is -0.302. The number of aryl methyl sites for hydroxylation is 1. The van der Waals surface area contributed by atoms with Gasteiger partial charge in [0.05, 0.1) is 23.6 Å². The molecule has 30 heavy (non-hydrogen) atoms. The number of hydrogen-bond donors (Lipinski definition) is 1. The summed E-state index contributed by atoms with van der Waals surface area (Å²) < 4.78 is 1.69. The van der Waals surface area contributed by atoms with E-state index in [1.807, 2.05) is 49.4 Å². The molecule has 1 N–H and O–H groups in total. The van der Waals surface area contributed by atoms with Gasteiger partial charge < -0.3 is 5.32 Å². The predicted molar refractivity (Wildman–Crippen MR) is 113 cm³/mol. The smallest absolute Gasteiger partial charge is 0.274 e. The van der Waals surface area contributed by atoms with Crippen LogP contribution in [0.3, 0.4) is 0 Å². The number of amides is 1. The summed E-state index contributed by atoms with van der Waals surface area (Å²) >= 11 is 1.42. The molecule has 0 atom stereocenters. The molecule has 0 saturated heterocycles. The zero-order chi connectivity index (χ0) is 20.8. The van der Waals surface area contributed by atoms with E-state index in [0.29, 0.717) is 23.1 Å². The molecule has 0 unspecified atom stereocenters. The van der Waals surface area contributed by atoms with Crippen LogP contribution in [0.25, 0.3) is 5.69 Å². The van der Waals surface area contributed by atoms with Gasteiger partial charge in [-0.25, -0.2) is 14.6 Å². The van der Waals surface area contributed by atoms with E-state index >= 15 is 0 Å². The van der Waals surface area contributed by atoms with Crippen LogP contribution in [0.2, 0.25) is 0 Å². The van der Waals surface area contributed by atoms with Crippen molar-refractivity contribution in [3.8, 4) is 5.69 Å². The molecule has 0 aliphatic rings. The molecule has 0 spiro atoms. The Morgan fingerprint density at radius 3 is 2.50 bits per heavy atom. The van der Waals surface area contributed by atoms with Gasteiger partial charge in [-0.3, -0.25) is 9.78 Å². The Morgan fingerprint density at radius 1 is 1.00 bits per heavy atom. The van der Waals surface area contributed by atoms with Crippen molar-refractivity contribution in [3.05, 3.63) is 89.8 Å². The van der Waals surface area contributed by atoms with Crippen LogP contribution in [0.1, 0.15) is 27.4 Å². The zero-order valence-electron chi connectivity index (χ0n) is 16.3. The summed E-state index contributed by atoms with van der Waals surface area (Å²) in [4.78, 5) is 25.6. The van der Waals surface area contributed by atoms with Gasteiger partial charge in [0.2, 0.25) is 0 Å². The average Bonchev–Trinajstić information content (AvgIpc) is 3.22. The molecule has 3 aromatic heterocycles. The second-order valence-electron chi connectivity index (χ2n) is 6.46. The van der Waals surface area contributed by atoms with E-state index in [4.69, 9.17) is 0 Å². The second-order valence-corrected chi connectivity index (χ2v) is 7.40. The van der Waals surface area contributed by atoms with Crippen molar-refractivity contribution < 1.29 is 4.79 Å². The first-order valence-electron chi connectivity index (χ1n) is 9.30. The molecule has 4 rings (SSSR count). The number of thioether (sulfide) groups is 1. The maximum atomic E-state index is 12.9. The molecule has 3 heterocycles. The molecule has 150 valence electrons. The lowest BCUT2D eigenvalue weighted by Crippen LogP contribution is -2.25. The van der Waals surface area contributed by atoms with Gasteiger partial charge in [-0.05, 0) is 37.3 Å². The van der Waals surface area contributed by atoms with E-state index in [0.717, 1.165) is 16.9 Å². The predicted octanol–water partition coefficient (Wildman–Crippen LogP) is 2.98. The largest absolute Gasteiger partial charge is 0.345 e. The van der Waals surface area contributed by atoms with Gasteiger partial charge in [-0.1, -0.05) is 40.7 Å². The summed E-state index contributed by atoms with van der Waals surface area (Å²) in [6, 6.07) is 15.2. The van der Waals surface area contributed by atoms with E-state index in [-0.39, 0.29) is 11.6 Å². The van der Waals surface area contributed by atoms with Crippen LogP contribution in [0, 0.1) is 6.92 Å². The van der Waals surface area contributed by atoms with Crippen molar-refractivity contribution >= 4 is 17.7 Å². The van der Waals surface area contributed by atoms with Crippen molar-refractivity contribution in [2.24, 2.45) is 0 Å². The van der Waals surface area contributed by atoms with Crippen molar-refractivity contribution in [1.82, 2.24) is 35.3 Å². The summed E-state index contributed by atoms with van der Waals surface area (Å²) in [5.41, 5.74) is 3.69. The lowest BCUT2D eigenvalue weighted by Gasteiger charge is -2.08. The molecule has 8 nitrogen and oxygen atoms in total. The monoisotopic (exact) mass is 417 g/mol. The molecule has 0 saturated carbocycles. The fraction of sp³-hybridized carbons (Fsp3) is 0.143. The van der Waals surface area contributed by atoms with Gasteiger partial charge >= 0.3 is 0 Å². The molecule has 0 radical (unpaired) electrons. The Balaban J connectivity index is 1.60. The topological polar surface area (TPSA) is 98.5 Å². The van der Waals surface area contributed by atoms with E-state index < -0.39 is 0 Å². The molecule has 0 bridgehead atoms. The third-order valence-electron chi connectivity index (χ3n) is 4.29. The molecule has 0 aliphatic heterocycles. The number of carbonyl (C=O) groups excluding carboxylic acids is 1. The molecule has 0 aliphatic carbocycles. The Labute approximate surface area is 177 Å². The number of hydrogen-bond acceptors (Lipinski definition) is 7. The molecular weight excluding hydrogens is 398 g/mol. The van der Waals surface area contributed by atoms with Gasteiger partial charge in [0.15, 0.2) is 10.9 Å². The zero-order valence-corrected chi connectivity index (χ0v) is 17.1. The highest BCUT2D eigenvalue weighted by atomic mass is 32.2. The van der Waals surface area contributed by atoms with Gasteiger partial charge in [0, 0.05) is 24.3 Å². The third-order valence-corrected chi connectivity index (χ3v) is 5.18. The summed E-state index contributed by atoms with van der Waals surface area (Å²) in [7, 11) is 0. The van der Waals surface area contributed by atoms with Crippen LogP contribution >= 0.6 is 11.8 Å². The molecule has 0 fully saturated rings. The van der Waals surface area contributed by atoms with E-state index in [9.17, 15) is 4.79 Å². The van der Waals surface area contributed by atoms with Crippen LogP contribution < -0.4 is 5.32 Å². The number of benzene rings is 1. The van der Waals surface area contributed by atoms with Crippen molar-refractivity contribution in [3.63, 3.8) is 0 Å². The van der Waals surface area contributed by atoms with E-state index in [1.54, 1.807) is 29.3 Å². The maximum Gasteiger partial charge on any atom is 0.274 e. The Hall–Kier alpha value is -3.59.